The van der Waals surface area contributed by atoms with E-state index in [0.29, 0.717) is 28.4 Å². The normalized spacial score (nSPS) is 15.1. The van der Waals surface area contributed by atoms with E-state index in [9.17, 15) is 14.4 Å². The Bertz CT molecular complexity index is 1080. The molecule has 6 heteroatoms. The van der Waals surface area contributed by atoms with Crippen LogP contribution in [0.25, 0.3) is 6.08 Å². The van der Waals surface area contributed by atoms with Crippen molar-refractivity contribution in [1.29, 1.82) is 0 Å². The number of benzene rings is 2. The van der Waals surface area contributed by atoms with E-state index in [-0.39, 0.29) is 17.1 Å². The maximum atomic E-state index is 13.3. The minimum Gasteiger partial charge on any atom is -0.465 e. The van der Waals surface area contributed by atoms with Crippen molar-refractivity contribution in [3.8, 4) is 0 Å². The molecule has 0 unspecified atom stereocenters. The van der Waals surface area contributed by atoms with E-state index in [1.165, 1.54) is 19.1 Å². The monoisotopic (exact) mass is 419 g/mol. The molecule has 0 aliphatic carbocycles. The third kappa shape index (κ3) is 4.28. The van der Waals surface area contributed by atoms with Crippen molar-refractivity contribution >= 4 is 29.6 Å². The molecule has 1 amide bonds. The van der Waals surface area contributed by atoms with Crippen molar-refractivity contribution < 1.29 is 23.9 Å². The predicted octanol–water partition coefficient (Wildman–Crippen LogP) is 4.47. The van der Waals surface area contributed by atoms with Gasteiger partial charge in [0.05, 0.1) is 30.9 Å². The Morgan fingerprint density at radius 2 is 1.48 bits per heavy atom. The molecule has 1 aliphatic heterocycles. The maximum absolute atomic E-state index is 13.3. The predicted molar refractivity (Wildman–Crippen MR) is 118 cm³/mol. The highest BCUT2D eigenvalue weighted by Gasteiger charge is 2.37. The minimum atomic E-state index is -0.579. The van der Waals surface area contributed by atoms with Crippen molar-refractivity contribution in [3.05, 3.63) is 82.1 Å². The summed E-state index contributed by atoms with van der Waals surface area (Å²) in [6.07, 6.45) is 1.63. The molecule has 0 saturated heterocycles. The molecule has 3 rings (SSSR count). The van der Waals surface area contributed by atoms with Gasteiger partial charge in [-0.2, -0.15) is 0 Å². The van der Waals surface area contributed by atoms with E-state index in [1.807, 2.05) is 24.3 Å². The zero-order valence-electron chi connectivity index (χ0n) is 18.3. The number of carbonyl (C=O) groups is 3. The smallest absolute Gasteiger partial charge is 0.340 e. The number of anilines is 1. The molecule has 2 aromatic rings. The highest BCUT2D eigenvalue weighted by atomic mass is 16.5. The van der Waals surface area contributed by atoms with Gasteiger partial charge in [0, 0.05) is 11.4 Å². The number of esters is 2. The standard InChI is InChI=1S/C25H25NO5/c1-15(2)18-10-12-20(13-11-18)26-16(3)22(25(29)31-5)21(23(26)27)14-17-6-8-19(9-7-17)24(28)30-4/h6-15H,1-5H3/b21-14-. The summed E-state index contributed by atoms with van der Waals surface area (Å²) < 4.78 is 9.65. The Labute approximate surface area is 181 Å². The van der Waals surface area contributed by atoms with Crippen LogP contribution in [0.3, 0.4) is 0 Å². The first-order valence-corrected chi connectivity index (χ1v) is 9.92. The summed E-state index contributed by atoms with van der Waals surface area (Å²) in [5.41, 5.74) is 3.87. The number of allylic oxidation sites excluding steroid dienone is 1. The molecule has 0 saturated carbocycles. The van der Waals surface area contributed by atoms with Crippen molar-refractivity contribution in [3.63, 3.8) is 0 Å². The summed E-state index contributed by atoms with van der Waals surface area (Å²) in [6.45, 7) is 5.92. The molecular weight excluding hydrogens is 394 g/mol. The summed E-state index contributed by atoms with van der Waals surface area (Å²) >= 11 is 0. The highest BCUT2D eigenvalue weighted by Crippen LogP contribution is 2.36. The van der Waals surface area contributed by atoms with Gasteiger partial charge in [-0.1, -0.05) is 38.1 Å². The Balaban J connectivity index is 2.04. The Hall–Kier alpha value is -3.67. The van der Waals surface area contributed by atoms with Crippen LogP contribution >= 0.6 is 0 Å². The fourth-order valence-electron chi connectivity index (χ4n) is 3.50. The second-order valence-electron chi connectivity index (χ2n) is 7.51. The van der Waals surface area contributed by atoms with Crippen LogP contribution in [0.2, 0.25) is 0 Å². The first-order chi connectivity index (χ1) is 14.8. The van der Waals surface area contributed by atoms with Gasteiger partial charge in [0.25, 0.3) is 5.91 Å². The van der Waals surface area contributed by atoms with Gasteiger partial charge >= 0.3 is 11.9 Å². The fourth-order valence-corrected chi connectivity index (χ4v) is 3.50. The molecule has 0 bridgehead atoms. The number of nitrogens with zero attached hydrogens (tertiary/aromatic N) is 1. The number of rotatable bonds is 5. The summed E-state index contributed by atoms with van der Waals surface area (Å²) in [5.74, 6) is -0.969. The molecule has 160 valence electrons. The summed E-state index contributed by atoms with van der Waals surface area (Å²) in [7, 11) is 2.60. The molecule has 0 aromatic heterocycles. The van der Waals surface area contributed by atoms with Crippen molar-refractivity contribution in [1.82, 2.24) is 0 Å². The van der Waals surface area contributed by atoms with Crippen LogP contribution < -0.4 is 4.90 Å². The first-order valence-electron chi connectivity index (χ1n) is 9.92. The fraction of sp³-hybridized carbons (Fsp3) is 0.240. The molecule has 1 heterocycles. The lowest BCUT2D eigenvalue weighted by molar-refractivity contribution is -0.136. The largest absolute Gasteiger partial charge is 0.465 e. The first kappa shape index (κ1) is 22.0. The quantitative estimate of drug-likeness (QED) is 0.528. The van der Waals surface area contributed by atoms with E-state index in [2.05, 4.69) is 13.8 Å². The van der Waals surface area contributed by atoms with Gasteiger partial charge in [0.15, 0.2) is 0 Å². The number of amides is 1. The molecule has 0 fully saturated rings. The number of ether oxygens (including phenoxy) is 2. The molecule has 0 atom stereocenters. The lowest BCUT2D eigenvalue weighted by Crippen LogP contribution is -2.24. The van der Waals surface area contributed by atoms with E-state index in [4.69, 9.17) is 9.47 Å². The molecular formula is C25H25NO5. The molecule has 6 nitrogen and oxygen atoms in total. The van der Waals surface area contributed by atoms with E-state index < -0.39 is 11.9 Å². The summed E-state index contributed by atoms with van der Waals surface area (Å²) in [6, 6.07) is 14.3. The van der Waals surface area contributed by atoms with Crippen molar-refractivity contribution in [2.45, 2.75) is 26.7 Å². The van der Waals surface area contributed by atoms with Crippen molar-refractivity contribution in [2.75, 3.05) is 19.1 Å². The van der Waals surface area contributed by atoms with Gasteiger partial charge < -0.3 is 9.47 Å². The SMILES string of the molecule is COC(=O)C1=C(C)N(c2ccc(C(C)C)cc2)C(=O)/C1=C\c1ccc(C(=O)OC)cc1. The second-order valence-corrected chi connectivity index (χ2v) is 7.51. The minimum absolute atomic E-state index is 0.220. The number of carbonyl (C=O) groups excluding carboxylic acids is 3. The summed E-state index contributed by atoms with van der Waals surface area (Å²) in [4.78, 5) is 39.0. The highest BCUT2D eigenvalue weighted by molar-refractivity contribution is 6.23. The molecule has 31 heavy (non-hydrogen) atoms. The Kier molecular flexibility index (Phi) is 6.39. The van der Waals surface area contributed by atoms with Crippen LogP contribution in [0.1, 0.15) is 48.2 Å². The van der Waals surface area contributed by atoms with Crippen LogP contribution in [-0.2, 0) is 19.1 Å². The average Bonchev–Trinajstić information content (AvgIpc) is 3.02. The van der Waals surface area contributed by atoms with Crippen LogP contribution in [0.5, 0.6) is 0 Å². The van der Waals surface area contributed by atoms with E-state index in [0.717, 1.165) is 5.56 Å². The van der Waals surface area contributed by atoms with Gasteiger partial charge in [-0.05, 0) is 54.3 Å². The van der Waals surface area contributed by atoms with Gasteiger partial charge in [-0.3, -0.25) is 9.69 Å². The zero-order chi connectivity index (χ0) is 22.7. The molecule has 0 spiro atoms. The van der Waals surface area contributed by atoms with Gasteiger partial charge in [0.1, 0.15) is 0 Å². The maximum Gasteiger partial charge on any atom is 0.340 e. The number of hydrogen-bond donors (Lipinski definition) is 0. The van der Waals surface area contributed by atoms with Crippen LogP contribution in [-0.4, -0.2) is 32.1 Å². The van der Waals surface area contributed by atoms with Crippen molar-refractivity contribution in [2.24, 2.45) is 0 Å². The molecule has 0 N–H and O–H groups in total. The van der Waals surface area contributed by atoms with Gasteiger partial charge in [0.2, 0.25) is 0 Å². The van der Waals surface area contributed by atoms with E-state index >= 15 is 0 Å². The molecule has 2 aromatic carbocycles. The molecule has 1 aliphatic rings. The zero-order valence-corrected chi connectivity index (χ0v) is 18.3. The topological polar surface area (TPSA) is 72.9 Å². The Morgan fingerprint density at radius 1 is 0.903 bits per heavy atom. The lowest BCUT2D eigenvalue weighted by Gasteiger charge is -2.19. The van der Waals surface area contributed by atoms with Crippen LogP contribution in [0.15, 0.2) is 65.4 Å². The third-order valence-electron chi connectivity index (χ3n) is 5.25. The Morgan fingerprint density at radius 3 is 2.00 bits per heavy atom. The van der Waals surface area contributed by atoms with Crippen LogP contribution in [0, 0.1) is 0 Å². The summed E-state index contributed by atoms with van der Waals surface area (Å²) in [5, 5.41) is 0. The number of hydrogen-bond acceptors (Lipinski definition) is 5. The lowest BCUT2D eigenvalue weighted by atomic mass is 10.0. The van der Waals surface area contributed by atoms with Gasteiger partial charge in [-0.25, -0.2) is 9.59 Å². The van der Waals surface area contributed by atoms with Gasteiger partial charge in [-0.15, -0.1) is 0 Å². The van der Waals surface area contributed by atoms with E-state index in [1.54, 1.807) is 37.3 Å². The second kappa shape index (κ2) is 9.00. The number of methoxy groups -OCH3 is 2. The third-order valence-corrected chi connectivity index (χ3v) is 5.25. The van der Waals surface area contributed by atoms with Crippen LogP contribution in [0.4, 0.5) is 5.69 Å². The average molecular weight is 419 g/mol. The molecule has 0 radical (unpaired) electrons.